The standard InChI is InChI=1S/C9H8Si.2ClH.Zr/c1-10-8-7-9-5-3-2-4-6-9;;;/h2-6H,1H3;2*1H;/q;;;+2/p-2. The minimum Gasteiger partial charge on any atom is -1.00 e. The maximum absolute atomic E-state index is 3.06. The fourth-order valence-corrected chi connectivity index (χ4v) is 0.925. The van der Waals surface area contributed by atoms with Crippen LogP contribution in [0.1, 0.15) is 5.56 Å². The second-order valence-electron chi connectivity index (χ2n) is 1.87. The Morgan fingerprint density at radius 2 is 1.62 bits per heavy atom. The van der Waals surface area contributed by atoms with Gasteiger partial charge in [0.1, 0.15) is 9.52 Å². The summed E-state index contributed by atoms with van der Waals surface area (Å²) in [5.74, 6) is 3.06. The molecule has 4 heteroatoms. The minimum atomic E-state index is 0. The maximum Gasteiger partial charge on any atom is 2.00 e. The van der Waals surface area contributed by atoms with Crippen LogP contribution >= 0.6 is 0 Å². The fraction of sp³-hybridized carbons (Fsp3) is 0.111. The van der Waals surface area contributed by atoms with Crippen LogP contribution < -0.4 is 24.8 Å². The topological polar surface area (TPSA) is 0 Å². The summed E-state index contributed by atoms with van der Waals surface area (Å²) >= 11 is 0. The molecule has 0 saturated heterocycles. The zero-order chi connectivity index (χ0) is 7.23. The van der Waals surface area contributed by atoms with E-state index in [9.17, 15) is 0 Å². The van der Waals surface area contributed by atoms with Gasteiger partial charge < -0.3 is 24.8 Å². The number of hydrogen-bond donors (Lipinski definition) is 0. The molecule has 13 heavy (non-hydrogen) atoms. The van der Waals surface area contributed by atoms with Crippen LogP contribution in [0, 0.1) is 11.5 Å². The van der Waals surface area contributed by atoms with Crippen LogP contribution in [0.3, 0.4) is 0 Å². The van der Waals surface area contributed by atoms with E-state index < -0.39 is 0 Å². The van der Waals surface area contributed by atoms with Crippen molar-refractivity contribution in [2.75, 3.05) is 0 Å². The summed E-state index contributed by atoms with van der Waals surface area (Å²) in [7, 11) is 0.722. The summed E-state index contributed by atoms with van der Waals surface area (Å²) in [5.41, 5.74) is 4.15. The zero-order valence-corrected chi connectivity index (χ0v) is 12.1. The van der Waals surface area contributed by atoms with E-state index >= 15 is 0 Å². The Bertz CT molecular complexity index is 253. The van der Waals surface area contributed by atoms with E-state index in [1.165, 1.54) is 0 Å². The molecule has 0 saturated carbocycles. The largest absolute Gasteiger partial charge is 2.00 e. The van der Waals surface area contributed by atoms with E-state index in [1.807, 2.05) is 30.3 Å². The fourth-order valence-electron chi connectivity index (χ4n) is 0.656. The number of rotatable bonds is 0. The smallest absolute Gasteiger partial charge is 1.00 e. The van der Waals surface area contributed by atoms with Crippen molar-refractivity contribution in [1.29, 1.82) is 0 Å². The summed E-state index contributed by atoms with van der Waals surface area (Å²) in [6.07, 6.45) is 0. The van der Waals surface area contributed by atoms with Gasteiger partial charge in [0.25, 0.3) is 0 Å². The Kier molecular flexibility index (Phi) is 18.3. The Balaban J connectivity index is -0.000000333. The van der Waals surface area contributed by atoms with Crippen molar-refractivity contribution in [2.24, 2.45) is 0 Å². The quantitative estimate of drug-likeness (QED) is 0.337. The molecular formula is C9H8Cl2SiZr. The molecule has 1 aromatic carbocycles. The van der Waals surface area contributed by atoms with Crippen molar-refractivity contribution in [3.63, 3.8) is 0 Å². The van der Waals surface area contributed by atoms with Crippen LogP contribution in [0.25, 0.3) is 0 Å². The van der Waals surface area contributed by atoms with Crippen molar-refractivity contribution in [1.82, 2.24) is 0 Å². The summed E-state index contributed by atoms with van der Waals surface area (Å²) in [6, 6.07) is 10.0. The third-order valence-electron chi connectivity index (χ3n) is 1.11. The molecular weight excluding hydrogens is 298 g/mol. The molecule has 0 aliphatic carbocycles. The summed E-state index contributed by atoms with van der Waals surface area (Å²) in [5, 5.41) is 0. The van der Waals surface area contributed by atoms with Crippen LogP contribution in [-0.4, -0.2) is 9.52 Å². The molecule has 0 aromatic heterocycles. The first-order valence-corrected chi connectivity index (χ1v) is 4.66. The van der Waals surface area contributed by atoms with Gasteiger partial charge in [-0.3, -0.25) is 0 Å². The predicted molar refractivity (Wildman–Crippen MR) is 44.9 cm³/mol. The van der Waals surface area contributed by atoms with Crippen LogP contribution in [0.2, 0.25) is 6.55 Å². The van der Waals surface area contributed by atoms with Gasteiger partial charge in [-0.1, -0.05) is 30.7 Å². The molecule has 0 spiro atoms. The molecule has 0 unspecified atom stereocenters. The molecule has 66 valence electrons. The predicted octanol–water partition coefficient (Wildman–Crippen LogP) is -4.25. The number of hydrogen-bond acceptors (Lipinski definition) is 0. The van der Waals surface area contributed by atoms with Gasteiger partial charge in [0.15, 0.2) is 0 Å². The molecule has 0 aliphatic rings. The molecule has 0 atom stereocenters. The first kappa shape index (κ1) is 19.1. The van der Waals surface area contributed by atoms with E-state index in [0.29, 0.717) is 0 Å². The van der Waals surface area contributed by atoms with Crippen LogP contribution in [0.5, 0.6) is 0 Å². The van der Waals surface area contributed by atoms with Crippen molar-refractivity contribution >= 4 is 9.52 Å². The van der Waals surface area contributed by atoms with Crippen molar-refractivity contribution in [3.05, 3.63) is 35.9 Å². The van der Waals surface area contributed by atoms with Crippen molar-refractivity contribution in [3.8, 4) is 11.5 Å². The second kappa shape index (κ2) is 12.5. The first-order chi connectivity index (χ1) is 4.93. The van der Waals surface area contributed by atoms with Crippen molar-refractivity contribution in [2.45, 2.75) is 6.55 Å². The van der Waals surface area contributed by atoms with E-state index in [4.69, 9.17) is 0 Å². The van der Waals surface area contributed by atoms with Gasteiger partial charge in [0, 0.05) is 5.56 Å². The Labute approximate surface area is 114 Å². The van der Waals surface area contributed by atoms with Gasteiger partial charge in [-0.2, -0.15) is 0 Å². The summed E-state index contributed by atoms with van der Waals surface area (Å²) in [4.78, 5) is 0. The Hall–Kier alpha value is 0.460. The van der Waals surface area contributed by atoms with Gasteiger partial charge in [0.05, 0.1) is 0 Å². The molecule has 0 heterocycles. The van der Waals surface area contributed by atoms with E-state index in [2.05, 4.69) is 18.0 Å². The van der Waals surface area contributed by atoms with Crippen molar-refractivity contribution < 1.29 is 51.0 Å². The second-order valence-corrected chi connectivity index (χ2v) is 2.62. The first-order valence-electron chi connectivity index (χ1n) is 3.16. The van der Waals surface area contributed by atoms with E-state index in [1.54, 1.807) is 0 Å². The molecule has 0 fully saturated rings. The van der Waals surface area contributed by atoms with Gasteiger partial charge in [0.2, 0.25) is 0 Å². The number of benzene rings is 1. The summed E-state index contributed by atoms with van der Waals surface area (Å²) < 4.78 is 0. The SMILES string of the molecule is C[Si]C#Cc1ccccc1.[Cl-].[Cl-].[Zr+2]. The van der Waals surface area contributed by atoms with E-state index in [0.717, 1.165) is 15.1 Å². The van der Waals surface area contributed by atoms with Gasteiger partial charge in [-0.25, -0.2) is 0 Å². The Morgan fingerprint density at radius 1 is 1.08 bits per heavy atom. The zero-order valence-electron chi connectivity index (χ0n) is 7.14. The molecule has 0 N–H and O–H groups in total. The van der Waals surface area contributed by atoms with Gasteiger partial charge >= 0.3 is 26.2 Å². The maximum atomic E-state index is 3.06. The third-order valence-corrected chi connectivity index (χ3v) is 1.48. The van der Waals surface area contributed by atoms with Crippen LogP contribution in [0.4, 0.5) is 0 Å². The molecule has 0 amide bonds. The normalized spacial score (nSPS) is 6.23. The molecule has 1 aromatic rings. The van der Waals surface area contributed by atoms with Crippen LogP contribution in [0.15, 0.2) is 30.3 Å². The van der Waals surface area contributed by atoms with Gasteiger partial charge in [-0.05, 0) is 12.1 Å². The average molecular weight is 306 g/mol. The minimum absolute atomic E-state index is 0. The molecule has 1 rings (SSSR count). The summed E-state index contributed by atoms with van der Waals surface area (Å²) in [6.45, 7) is 2.08. The third kappa shape index (κ3) is 8.78. The molecule has 0 nitrogen and oxygen atoms in total. The van der Waals surface area contributed by atoms with E-state index in [-0.39, 0.29) is 51.0 Å². The molecule has 0 bridgehead atoms. The number of halogens is 2. The Morgan fingerprint density at radius 3 is 2.08 bits per heavy atom. The van der Waals surface area contributed by atoms with Crippen LogP contribution in [-0.2, 0) is 26.2 Å². The average Bonchev–Trinajstić information content (AvgIpc) is 2.03. The monoisotopic (exact) mass is 304 g/mol. The molecule has 0 aliphatic heterocycles. The molecule has 2 radical (unpaired) electrons. The van der Waals surface area contributed by atoms with Gasteiger partial charge in [-0.15, -0.1) is 5.54 Å².